The molecule has 1 N–H and O–H groups in total. The monoisotopic (exact) mass is 403 g/mol. The van der Waals surface area contributed by atoms with Crippen LogP contribution in [-0.2, 0) is 6.18 Å². The van der Waals surface area contributed by atoms with Gasteiger partial charge in [0.2, 0.25) is 11.7 Å². The van der Waals surface area contributed by atoms with Gasteiger partial charge in [-0.3, -0.25) is 4.79 Å². The molecule has 3 aromatic rings. The van der Waals surface area contributed by atoms with Crippen LogP contribution in [0.1, 0.15) is 47.3 Å². The summed E-state index contributed by atoms with van der Waals surface area (Å²) in [6, 6.07) is 11.0. The molecule has 3 rings (SSSR count). The second kappa shape index (κ2) is 8.06. The summed E-state index contributed by atoms with van der Waals surface area (Å²) in [6.45, 7) is 5.69. The van der Waals surface area contributed by atoms with Gasteiger partial charge in [-0.15, -0.1) is 0 Å². The maximum absolute atomic E-state index is 12.7. The Morgan fingerprint density at radius 1 is 1.10 bits per heavy atom. The fourth-order valence-corrected chi connectivity index (χ4v) is 2.81. The van der Waals surface area contributed by atoms with Crippen molar-refractivity contribution < 1.29 is 22.5 Å². The number of amides is 1. The van der Waals surface area contributed by atoms with Crippen LogP contribution in [-0.4, -0.2) is 16.0 Å². The number of hydrogen-bond acceptors (Lipinski definition) is 4. The molecule has 0 spiro atoms. The minimum Gasteiger partial charge on any atom is -0.340 e. The fourth-order valence-electron chi connectivity index (χ4n) is 2.81. The average Bonchev–Trinajstić information content (AvgIpc) is 3.15. The fraction of sp³-hybridized carbons (Fsp3) is 0.286. The predicted molar refractivity (Wildman–Crippen MR) is 101 cm³/mol. The zero-order chi connectivity index (χ0) is 21.2. The first kappa shape index (κ1) is 20.6. The zero-order valence-corrected chi connectivity index (χ0v) is 16.1. The standard InChI is InChI=1S/C21H20F3N3O2/c1-12(2)17(20-26-18(27-29-20)15-6-4-5-13(3)11-15)25-19(28)14-7-9-16(10-8-14)21(22,23)24/h4-12,17H,1-3H3,(H,25,28)/t17-/m0/s1. The van der Waals surface area contributed by atoms with E-state index in [1.807, 2.05) is 45.0 Å². The van der Waals surface area contributed by atoms with Gasteiger partial charge in [-0.05, 0) is 43.2 Å². The van der Waals surface area contributed by atoms with E-state index in [4.69, 9.17) is 4.52 Å². The molecule has 0 aliphatic carbocycles. The van der Waals surface area contributed by atoms with Gasteiger partial charge in [0, 0.05) is 11.1 Å². The van der Waals surface area contributed by atoms with Crippen molar-refractivity contribution in [1.82, 2.24) is 15.5 Å². The van der Waals surface area contributed by atoms with Crippen molar-refractivity contribution in [2.75, 3.05) is 0 Å². The van der Waals surface area contributed by atoms with Crippen LogP contribution in [0.25, 0.3) is 11.4 Å². The molecule has 1 amide bonds. The van der Waals surface area contributed by atoms with Gasteiger partial charge in [0.25, 0.3) is 5.91 Å². The summed E-state index contributed by atoms with van der Waals surface area (Å²) in [5.74, 6) is 0.0295. The Morgan fingerprint density at radius 2 is 1.79 bits per heavy atom. The van der Waals surface area contributed by atoms with Crippen LogP contribution in [0.5, 0.6) is 0 Å². The second-order valence-electron chi connectivity index (χ2n) is 7.10. The van der Waals surface area contributed by atoms with Gasteiger partial charge in [0.1, 0.15) is 6.04 Å². The number of aryl methyl sites for hydroxylation is 1. The third kappa shape index (κ3) is 4.82. The molecule has 0 bridgehead atoms. The molecule has 2 aromatic carbocycles. The first-order valence-electron chi connectivity index (χ1n) is 9.04. The SMILES string of the molecule is Cc1cccc(-c2noc([C@@H](NC(=O)c3ccc(C(F)(F)F)cc3)C(C)C)n2)c1. The van der Waals surface area contributed by atoms with E-state index in [1.165, 1.54) is 0 Å². The number of alkyl halides is 3. The van der Waals surface area contributed by atoms with Crippen molar-refractivity contribution in [1.29, 1.82) is 0 Å². The van der Waals surface area contributed by atoms with Gasteiger partial charge in [-0.2, -0.15) is 18.2 Å². The Bertz CT molecular complexity index is 995. The Kier molecular flexibility index (Phi) is 5.72. The highest BCUT2D eigenvalue weighted by molar-refractivity contribution is 5.94. The van der Waals surface area contributed by atoms with Crippen LogP contribution in [0.4, 0.5) is 13.2 Å². The van der Waals surface area contributed by atoms with Crippen molar-refractivity contribution in [2.24, 2.45) is 5.92 Å². The molecule has 152 valence electrons. The first-order valence-corrected chi connectivity index (χ1v) is 9.04. The number of aromatic nitrogens is 2. The quantitative estimate of drug-likeness (QED) is 0.637. The molecule has 0 aliphatic rings. The van der Waals surface area contributed by atoms with E-state index in [-0.39, 0.29) is 17.4 Å². The molecule has 0 saturated carbocycles. The molecule has 0 unspecified atom stereocenters. The third-order valence-corrected chi connectivity index (χ3v) is 4.41. The second-order valence-corrected chi connectivity index (χ2v) is 7.10. The molecule has 0 aliphatic heterocycles. The Labute approximate surface area is 165 Å². The van der Waals surface area contributed by atoms with E-state index in [9.17, 15) is 18.0 Å². The Morgan fingerprint density at radius 3 is 2.38 bits per heavy atom. The summed E-state index contributed by atoms with van der Waals surface area (Å²) in [5.41, 5.74) is 1.14. The van der Waals surface area contributed by atoms with Crippen LogP contribution in [0.15, 0.2) is 53.1 Å². The molecule has 0 fully saturated rings. The molecule has 0 saturated heterocycles. The Balaban J connectivity index is 1.79. The lowest BCUT2D eigenvalue weighted by Gasteiger charge is -2.18. The van der Waals surface area contributed by atoms with Crippen molar-refractivity contribution in [3.05, 3.63) is 71.1 Å². The minimum atomic E-state index is -4.45. The van der Waals surface area contributed by atoms with Gasteiger partial charge in [0.15, 0.2) is 0 Å². The number of halogens is 3. The average molecular weight is 403 g/mol. The number of rotatable bonds is 5. The van der Waals surface area contributed by atoms with E-state index in [2.05, 4.69) is 15.5 Å². The van der Waals surface area contributed by atoms with E-state index in [0.29, 0.717) is 5.82 Å². The highest BCUT2D eigenvalue weighted by atomic mass is 19.4. The molecule has 8 heteroatoms. The number of benzene rings is 2. The zero-order valence-electron chi connectivity index (χ0n) is 16.1. The lowest BCUT2D eigenvalue weighted by atomic mass is 10.0. The molecule has 0 radical (unpaired) electrons. The minimum absolute atomic E-state index is 0.0841. The topological polar surface area (TPSA) is 68.0 Å². The van der Waals surface area contributed by atoms with Crippen LogP contribution in [0.2, 0.25) is 0 Å². The smallest absolute Gasteiger partial charge is 0.340 e. The third-order valence-electron chi connectivity index (χ3n) is 4.41. The van der Waals surface area contributed by atoms with E-state index in [0.717, 1.165) is 35.4 Å². The summed E-state index contributed by atoms with van der Waals surface area (Å²) in [7, 11) is 0. The van der Waals surface area contributed by atoms with Crippen LogP contribution in [0.3, 0.4) is 0 Å². The van der Waals surface area contributed by atoms with Crippen molar-refractivity contribution in [3.63, 3.8) is 0 Å². The van der Waals surface area contributed by atoms with Crippen LogP contribution in [0, 0.1) is 12.8 Å². The van der Waals surface area contributed by atoms with Gasteiger partial charge in [-0.25, -0.2) is 0 Å². The normalized spacial score (nSPS) is 12.8. The highest BCUT2D eigenvalue weighted by Crippen LogP contribution is 2.29. The summed E-state index contributed by atoms with van der Waals surface area (Å²) >= 11 is 0. The van der Waals surface area contributed by atoms with E-state index >= 15 is 0 Å². The summed E-state index contributed by atoms with van der Waals surface area (Å²) in [4.78, 5) is 16.9. The molecule has 1 aromatic heterocycles. The molecule has 1 atom stereocenters. The van der Waals surface area contributed by atoms with Gasteiger partial charge in [0.05, 0.1) is 5.56 Å². The van der Waals surface area contributed by atoms with Crippen LogP contribution >= 0.6 is 0 Å². The maximum Gasteiger partial charge on any atom is 0.416 e. The van der Waals surface area contributed by atoms with Gasteiger partial charge in [-0.1, -0.05) is 42.8 Å². The van der Waals surface area contributed by atoms with Gasteiger partial charge < -0.3 is 9.84 Å². The van der Waals surface area contributed by atoms with E-state index < -0.39 is 23.7 Å². The molecule has 5 nitrogen and oxygen atoms in total. The summed E-state index contributed by atoms with van der Waals surface area (Å²) < 4.78 is 43.4. The van der Waals surface area contributed by atoms with Crippen molar-refractivity contribution in [3.8, 4) is 11.4 Å². The number of hydrogen-bond donors (Lipinski definition) is 1. The molecular weight excluding hydrogens is 383 g/mol. The van der Waals surface area contributed by atoms with Crippen LogP contribution < -0.4 is 5.32 Å². The number of nitrogens with one attached hydrogen (secondary N) is 1. The molecular formula is C21H20F3N3O2. The summed E-state index contributed by atoms with van der Waals surface area (Å²) in [6.07, 6.45) is -4.45. The molecule has 1 heterocycles. The predicted octanol–water partition coefficient (Wildman–Crippen LogP) is 5.19. The maximum atomic E-state index is 12.7. The lowest BCUT2D eigenvalue weighted by Crippen LogP contribution is -2.32. The number of carbonyl (C=O) groups excluding carboxylic acids is 1. The number of nitrogens with zero attached hydrogens (tertiary/aromatic N) is 2. The first-order chi connectivity index (χ1) is 13.6. The summed E-state index contributed by atoms with van der Waals surface area (Å²) in [5, 5.41) is 6.75. The highest BCUT2D eigenvalue weighted by Gasteiger charge is 2.30. The Hall–Kier alpha value is -3.16. The van der Waals surface area contributed by atoms with Gasteiger partial charge >= 0.3 is 6.18 Å². The largest absolute Gasteiger partial charge is 0.416 e. The number of carbonyl (C=O) groups is 1. The van der Waals surface area contributed by atoms with E-state index in [1.54, 1.807) is 0 Å². The van der Waals surface area contributed by atoms with Crippen molar-refractivity contribution in [2.45, 2.75) is 33.0 Å². The lowest BCUT2D eigenvalue weighted by molar-refractivity contribution is -0.137. The molecule has 29 heavy (non-hydrogen) atoms. The van der Waals surface area contributed by atoms with Crippen molar-refractivity contribution >= 4 is 5.91 Å².